The minimum Gasteiger partial charge on any atom is -0.203 e. The van der Waals surface area contributed by atoms with Crippen molar-refractivity contribution in [2.45, 2.75) is 58.8 Å². The molecular formula is C33H34F2. The third-order valence-electron chi connectivity index (χ3n) is 6.69. The van der Waals surface area contributed by atoms with Gasteiger partial charge in [-0.25, -0.2) is 8.78 Å². The number of hydrogen-bond donors (Lipinski definition) is 0. The lowest BCUT2D eigenvalue weighted by atomic mass is 9.96. The lowest BCUT2D eigenvalue weighted by molar-refractivity contribution is 0.514. The summed E-state index contributed by atoms with van der Waals surface area (Å²) >= 11 is 0. The lowest BCUT2D eigenvalue weighted by Crippen LogP contribution is -1.94. The van der Waals surface area contributed by atoms with Crippen molar-refractivity contribution in [1.29, 1.82) is 0 Å². The Kier molecular flexibility index (Phi) is 8.47. The Morgan fingerprint density at radius 3 is 1.34 bits per heavy atom. The van der Waals surface area contributed by atoms with Crippen molar-refractivity contribution >= 4 is 0 Å². The monoisotopic (exact) mass is 468 g/mol. The zero-order valence-electron chi connectivity index (χ0n) is 20.8. The number of aryl methyl sites for hydroxylation is 2. The summed E-state index contributed by atoms with van der Waals surface area (Å²) in [7, 11) is 0. The van der Waals surface area contributed by atoms with Gasteiger partial charge in [0.15, 0.2) is 11.6 Å². The van der Waals surface area contributed by atoms with Gasteiger partial charge in [0, 0.05) is 11.1 Å². The van der Waals surface area contributed by atoms with E-state index in [1.807, 2.05) is 48.5 Å². The van der Waals surface area contributed by atoms with Crippen LogP contribution in [0.4, 0.5) is 8.78 Å². The van der Waals surface area contributed by atoms with Crippen LogP contribution in [0.3, 0.4) is 0 Å². The van der Waals surface area contributed by atoms with E-state index in [1.165, 1.54) is 30.4 Å². The first-order valence-electron chi connectivity index (χ1n) is 12.9. The maximum Gasteiger partial charge on any atom is 0.167 e. The Bertz CT molecular complexity index is 1220. The summed E-state index contributed by atoms with van der Waals surface area (Å²) < 4.78 is 30.2. The molecule has 2 heteroatoms. The standard InChI is InChI=1S/C33H34F2/c1-3-5-6-7-9-25-12-16-28(17-13-25)30-22-23-31(33(35)32(30)34)29-20-18-27(19-21-29)26-14-10-24(8-4-2)11-15-26/h10-23H,3-9H2,1-2H3. The third-order valence-corrected chi connectivity index (χ3v) is 6.69. The predicted octanol–water partition coefficient (Wildman–Crippen LogP) is 10.0. The molecule has 0 atom stereocenters. The summed E-state index contributed by atoms with van der Waals surface area (Å²) in [5.74, 6) is -1.60. The minimum absolute atomic E-state index is 0.281. The SMILES string of the molecule is CCCCCCc1ccc(-c2ccc(-c3ccc(-c4ccc(CCC)cc4)cc3)c(F)c2F)cc1. The molecule has 35 heavy (non-hydrogen) atoms. The van der Waals surface area contributed by atoms with Crippen LogP contribution in [-0.2, 0) is 12.8 Å². The van der Waals surface area contributed by atoms with E-state index in [9.17, 15) is 0 Å². The molecule has 0 spiro atoms. The van der Waals surface area contributed by atoms with Crippen molar-refractivity contribution in [2.75, 3.05) is 0 Å². The Balaban J connectivity index is 1.50. The average Bonchev–Trinajstić information content (AvgIpc) is 2.90. The molecule has 0 heterocycles. The highest BCUT2D eigenvalue weighted by Crippen LogP contribution is 2.33. The molecule has 4 aromatic carbocycles. The van der Waals surface area contributed by atoms with Gasteiger partial charge in [-0.3, -0.25) is 0 Å². The molecule has 4 rings (SSSR count). The van der Waals surface area contributed by atoms with Crippen molar-refractivity contribution in [3.05, 3.63) is 108 Å². The summed E-state index contributed by atoms with van der Waals surface area (Å²) in [6, 6.07) is 27.4. The maximum atomic E-state index is 15.1. The molecule has 0 unspecified atom stereocenters. The number of benzene rings is 4. The molecule has 0 amide bonds. The molecule has 0 saturated heterocycles. The number of rotatable bonds is 10. The number of hydrogen-bond acceptors (Lipinski definition) is 0. The Hall–Kier alpha value is -3.26. The Labute approximate surface area is 208 Å². The van der Waals surface area contributed by atoms with E-state index >= 15 is 8.78 Å². The Morgan fingerprint density at radius 1 is 0.429 bits per heavy atom. The van der Waals surface area contributed by atoms with Crippen LogP contribution < -0.4 is 0 Å². The fourth-order valence-electron chi connectivity index (χ4n) is 4.60. The number of halogens is 2. The van der Waals surface area contributed by atoms with Crippen LogP contribution in [0.1, 0.15) is 57.1 Å². The van der Waals surface area contributed by atoms with Gasteiger partial charge in [0.25, 0.3) is 0 Å². The molecular weight excluding hydrogens is 434 g/mol. The molecule has 0 saturated carbocycles. The zero-order valence-corrected chi connectivity index (χ0v) is 20.8. The van der Waals surface area contributed by atoms with E-state index in [1.54, 1.807) is 12.1 Å². The molecule has 0 aliphatic rings. The second kappa shape index (κ2) is 11.9. The van der Waals surface area contributed by atoms with Crippen molar-refractivity contribution in [3.63, 3.8) is 0 Å². The quantitative estimate of drug-likeness (QED) is 0.203. The molecule has 4 aromatic rings. The average molecular weight is 469 g/mol. The molecule has 0 N–H and O–H groups in total. The smallest absolute Gasteiger partial charge is 0.167 e. The van der Waals surface area contributed by atoms with E-state index in [2.05, 4.69) is 38.1 Å². The highest BCUT2D eigenvalue weighted by molar-refractivity contribution is 5.74. The van der Waals surface area contributed by atoms with Crippen molar-refractivity contribution in [1.82, 2.24) is 0 Å². The number of unbranched alkanes of at least 4 members (excludes halogenated alkanes) is 3. The second-order valence-electron chi connectivity index (χ2n) is 9.32. The van der Waals surface area contributed by atoms with Gasteiger partial charge in [0.1, 0.15) is 0 Å². The normalized spacial score (nSPS) is 11.1. The molecule has 0 nitrogen and oxygen atoms in total. The Morgan fingerprint density at radius 2 is 0.857 bits per heavy atom. The predicted molar refractivity (Wildman–Crippen MR) is 145 cm³/mol. The van der Waals surface area contributed by atoms with E-state index in [0.717, 1.165) is 36.8 Å². The maximum absolute atomic E-state index is 15.1. The van der Waals surface area contributed by atoms with Crippen LogP contribution in [0.2, 0.25) is 0 Å². The van der Waals surface area contributed by atoms with Crippen LogP contribution in [0.15, 0.2) is 84.9 Å². The van der Waals surface area contributed by atoms with Gasteiger partial charge in [0.05, 0.1) is 0 Å². The summed E-state index contributed by atoms with van der Waals surface area (Å²) in [5.41, 5.74) is 6.69. The van der Waals surface area contributed by atoms with Gasteiger partial charge in [-0.1, -0.05) is 124 Å². The largest absolute Gasteiger partial charge is 0.203 e. The van der Waals surface area contributed by atoms with Gasteiger partial charge in [0.2, 0.25) is 0 Å². The van der Waals surface area contributed by atoms with Gasteiger partial charge >= 0.3 is 0 Å². The van der Waals surface area contributed by atoms with E-state index in [0.29, 0.717) is 16.7 Å². The lowest BCUT2D eigenvalue weighted by Gasteiger charge is -2.11. The highest BCUT2D eigenvalue weighted by atomic mass is 19.2. The first-order valence-corrected chi connectivity index (χ1v) is 12.9. The molecule has 0 bridgehead atoms. The first-order chi connectivity index (χ1) is 17.1. The molecule has 0 aromatic heterocycles. The van der Waals surface area contributed by atoms with Crippen LogP contribution in [-0.4, -0.2) is 0 Å². The van der Waals surface area contributed by atoms with Gasteiger partial charge in [-0.05, 0) is 52.6 Å². The van der Waals surface area contributed by atoms with E-state index in [4.69, 9.17) is 0 Å². The van der Waals surface area contributed by atoms with Crippen LogP contribution >= 0.6 is 0 Å². The summed E-state index contributed by atoms with van der Waals surface area (Å²) in [6.07, 6.45) is 8.08. The highest BCUT2D eigenvalue weighted by Gasteiger charge is 2.16. The van der Waals surface area contributed by atoms with E-state index in [-0.39, 0.29) is 5.56 Å². The van der Waals surface area contributed by atoms with Crippen molar-refractivity contribution in [2.24, 2.45) is 0 Å². The van der Waals surface area contributed by atoms with Gasteiger partial charge in [-0.15, -0.1) is 0 Å². The van der Waals surface area contributed by atoms with Crippen LogP contribution in [0.25, 0.3) is 33.4 Å². The summed E-state index contributed by atoms with van der Waals surface area (Å²) in [5, 5.41) is 0. The van der Waals surface area contributed by atoms with Crippen molar-refractivity contribution < 1.29 is 8.78 Å². The summed E-state index contributed by atoms with van der Waals surface area (Å²) in [4.78, 5) is 0. The molecule has 0 aliphatic carbocycles. The molecule has 180 valence electrons. The zero-order chi connectivity index (χ0) is 24.6. The fraction of sp³-hybridized carbons (Fsp3) is 0.273. The fourth-order valence-corrected chi connectivity index (χ4v) is 4.60. The second-order valence-corrected chi connectivity index (χ2v) is 9.32. The molecule has 0 radical (unpaired) electrons. The molecule has 0 fully saturated rings. The summed E-state index contributed by atoms with van der Waals surface area (Å²) in [6.45, 7) is 4.38. The van der Waals surface area contributed by atoms with Crippen molar-refractivity contribution in [3.8, 4) is 33.4 Å². The van der Waals surface area contributed by atoms with Gasteiger partial charge in [-0.2, -0.15) is 0 Å². The van der Waals surface area contributed by atoms with Crippen LogP contribution in [0, 0.1) is 11.6 Å². The van der Waals surface area contributed by atoms with Crippen LogP contribution in [0.5, 0.6) is 0 Å². The molecule has 0 aliphatic heterocycles. The topological polar surface area (TPSA) is 0 Å². The third kappa shape index (κ3) is 6.06. The van der Waals surface area contributed by atoms with E-state index < -0.39 is 11.6 Å². The first kappa shape index (κ1) is 24.9. The minimum atomic E-state index is -0.803. The van der Waals surface area contributed by atoms with Gasteiger partial charge < -0.3 is 0 Å².